The Balaban J connectivity index is 2.55. The number of rotatable bonds is 8. The summed E-state index contributed by atoms with van der Waals surface area (Å²) in [5.41, 5.74) is 7.89. The number of hydrogen-bond donors (Lipinski definition) is 2. The van der Waals surface area contributed by atoms with Crippen LogP contribution in [0.15, 0.2) is 24.3 Å². The molecule has 0 saturated heterocycles. The number of para-hydroxylation sites is 1. The van der Waals surface area contributed by atoms with Crippen LogP contribution >= 0.6 is 0 Å². The molecule has 0 aromatic heterocycles. The minimum Gasteiger partial charge on any atom is -0.385 e. The van der Waals surface area contributed by atoms with Crippen LogP contribution in [0.25, 0.3) is 0 Å². The minimum atomic E-state index is -0.482. The van der Waals surface area contributed by atoms with E-state index in [2.05, 4.69) is 12.2 Å². The first-order valence-corrected chi connectivity index (χ1v) is 6.82. The van der Waals surface area contributed by atoms with Gasteiger partial charge in [0.25, 0.3) is 0 Å². The molecule has 19 heavy (non-hydrogen) atoms. The van der Waals surface area contributed by atoms with Gasteiger partial charge in [-0.1, -0.05) is 31.5 Å². The second-order valence-electron chi connectivity index (χ2n) is 4.64. The van der Waals surface area contributed by atoms with Crippen LogP contribution in [0.5, 0.6) is 0 Å². The Morgan fingerprint density at radius 2 is 2.16 bits per heavy atom. The van der Waals surface area contributed by atoms with Crippen LogP contribution in [0.2, 0.25) is 0 Å². The highest BCUT2D eigenvalue weighted by molar-refractivity contribution is 5.95. The Hall–Kier alpha value is -1.39. The predicted molar refractivity (Wildman–Crippen MR) is 78.2 cm³/mol. The van der Waals surface area contributed by atoms with Crippen LogP contribution in [0, 0.1) is 0 Å². The molecule has 0 aliphatic carbocycles. The lowest BCUT2D eigenvalue weighted by Gasteiger charge is -2.14. The van der Waals surface area contributed by atoms with Gasteiger partial charge in [-0.3, -0.25) is 4.79 Å². The molecule has 1 aromatic carbocycles. The lowest BCUT2D eigenvalue weighted by molar-refractivity contribution is -0.117. The van der Waals surface area contributed by atoms with E-state index in [1.54, 1.807) is 7.11 Å². The molecule has 4 nitrogen and oxygen atoms in total. The van der Waals surface area contributed by atoms with Gasteiger partial charge in [0.2, 0.25) is 5.91 Å². The molecule has 0 bridgehead atoms. The van der Waals surface area contributed by atoms with Gasteiger partial charge in [-0.05, 0) is 30.9 Å². The van der Waals surface area contributed by atoms with E-state index in [4.69, 9.17) is 10.5 Å². The normalized spacial score (nSPS) is 12.2. The van der Waals surface area contributed by atoms with Gasteiger partial charge in [-0.25, -0.2) is 0 Å². The molecular weight excluding hydrogens is 240 g/mol. The first-order chi connectivity index (χ1) is 9.19. The van der Waals surface area contributed by atoms with Gasteiger partial charge < -0.3 is 15.8 Å². The standard InChI is InChI=1S/C15H24N2O2/c1-3-7-12-8-4-5-10-14(12)17-15(18)13(16)9-6-11-19-2/h4-5,8,10,13H,3,6-7,9,11,16H2,1-2H3,(H,17,18). The molecule has 0 fully saturated rings. The Kier molecular flexibility index (Phi) is 7.15. The molecule has 0 heterocycles. The second-order valence-corrected chi connectivity index (χ2v) is 4.64. The third-order valence-electron chi connectivity index (χ3n) is 2.99. The van der Waals surface area contributed by atoms with Gasteiger partial charge in [0.15, 0.2) is 0 Å². The van der Waals surface area contributed by atoms with Gasteiger partial charge in [0.05, 0.1) is 6.04 Å². The van der Waals surface area contributed by atoms with Crippen molar-refractivity contribution in [3.63, 3.8) is 0 Å². The second kappa shape index (κ2) is 8.67. The fraction of sp³-hybridized carbons (Fsp3) is 0.533. The Bertz CT molecular complexity index is 393. The topological polar surface area (TPSA) is 64.4 Å². The summed E-state index contributed by atoms with van der Waals surface area (Å²) in [6.07, 6.45) is 3.43. The number of benzene rings is 1. The molecular formula is C15H24N2O2. The zero-order chi connectivity index (χ0) is 14.1. The summed E-state index contributed by atoms with van der Waals surface area (Å²) < 4.78 is 4.95. The monoisotopic (exact) mass is 264 g/mol. The number of aryl methyl sites for hydroxylation is 1. The molecule has 0 saturated carbocycles. The Morgan fingerprint density at radius 3 is 2.84 bits per heavy atom. The molecule has 1 rings (SSSR count). The zero-order valence-electron chi connectivity index (χ0n) is 11.8. The average Bonchev–Trinajstić information content (AvgIpc) is 2.41. The molecule has 1 aromatic rings. The van der Waals surface area contributed by atoms with E-state index in [1.807, 2.05) is 24.3 Å². The van der Waals surface area contributed by atoms with Crippen LogP contribution in [0.3, 0.4) is 0 Å². The third kappa shape index (κ3) is 5.41. The zero-order valence-corrected chi connectivity index (χ0v) is 11.8. The highest BCUT2D eigenvalue weighted by Crippen LogP contribution is 2.17. The minimum absolute atomic E-state index is 0.125. The smallest absolute Gasteiger partial charge is 0.241 e. The number of ether oxygens (including phenoxy) is 1. The Labute approximate surface area is 115 Å². The van der Waals surface area contributed by atoms with E-state index in [0.717, 1.165) is 30.5 Å². The fourth-order valence-electron chi connectivity index (χ4n) is 1.93. The van der Waals surface area contributed by atoms with Crippen molar-refractivity contribution in [3.05, 3.63) is 29.8 Å². The molecule has 106 valence electrons. The van der Waals surface area contributed by atoms with Crippen molar-refractivity contribution in [1.82, 2.24) is 0 Å². The van der Waals surface area contributed by atoms with Gasteiger partial charge in [0.1, 0.15) is 0 Å². The number of carbonyl (C=O) groups is 1. The largest absolute Gasteiger partial charge is 0.385 e. The van der Waals surface area contributed by atoms with Crippen molar-refractivity contribution >= 4 is 11.6 Å². The lowest BCUT2D eigenvalue weighted by Crippen LogP contribution is -2.36. The van der Waals surface area contributed by atoms with Crippen LogP contribution in [-0.2, 0) is 16.0 Å². The Morgan fingerprint density at radius 1 is 1.42 bits per heavy atom. The van der Waals surface area contributed by atoms with Crippen LogP contribution in [-0.4, -0.2) is 25.7 Å². The summed E-state index contributed by atoms with van der Waals surface area (Å²) in [5, 5.41) is 2.92. The van der Waals surface area contributed by atoms with E-state index in [-0.39, 0.29) is 5.91 Å². The van der Waals surface area contributed by atoms with Crippen molar-refractivity contribution in [2.75, 3.05) is 19.0 Å². The van der Waals surface area contributed by atoms with Gasteiger partial charge in [-0.2, -0.15) is 0 Å². The van der Waals surface area contributed by atoms with Crippen LogP contribution < -0.4 is 11.1 Å². The summed E-state index contributed by atoms with van der Waals surface area (Å²) in [7, 11) is 1.65. The summed E-state index contributed by atoms with van der Waals surface area (Å²) in [6.45, 7) is 2.75. The average molecular weight is 264 g/mol. The highest BCUT2D eigenvalue weighted by atomic mass is 16.5. The van der Waals surface area contributed by atoms with Gasteiger partial charge in [-0.15, -0.1) is 0 Å². The van der Waals surface area contributed by atoms with Crippen molar-refractivity contribution in [2.45, 2.75) is 38.6 Å². The molecule has 0 radical (unpaired) electrons. The first-order valence-electron chi connectivity index (χ1n) is 6.82. The van der Waals surface area contributed by atoms with Crippen molar-refractivity contribution in [2.24, 2.45) is 5.73 Å². The summed E-state index contributed by atoms with van der Waals surface area (Å²) in [6, 6.07) is 7.38. The van der Waals surface area contributed by atoms with Crippen molar-refractivity contribution in [1.29, 1.82) is 0 Å². The van der Waals surface area contributed by atoms with E-state index < -0.39 is 6.04 Å². The maximum atomic E-state index is 12.0. The first kappa shape index (κ1) is 15.7. The third-order valence-corrected chi connectivity index (χ3v) is 2.99. The molecule has 1 unspecified atom stereocenters. The predicted octanol–water partition coefficient (Wildman–Crippen LogP) is 2.33. The SMILES string of the molecule is CCCc1ccccc1NC(=O)C(N)CCCOC. The summed E-state index contributed by atoms with van der Waals surface area (Å²) >= 11 is 0. The summed E-state index contributed by atoms with van der Waals surface area (Å²) in [4.78, 5) is 12.0. The number of amides is 1. The number of nitrogens with one attached hydrogen (secondary N) is 1. The van der Waals surface area contributed by atoms with Gasteiger partial charge in [0, 0.05) is 19.4 Å². The van der Waals surface area contributed by atoms with E-state index in [9.17, 15) is 4.79 Å². The number of hydrogen-bond acceptors (Lipinski definition) is 3. The molecule has 1 amide bonds. The maximum Gasteiger partial charge on any atom is 0.241 e. The quantitative estimate of drug-likeness (QED) is 0.708. The van der Waals surface area contributed by atoms with E-state index in [0.29, 0.717) is 13.0 Å². The van der Waals surface area contributed by atoms with Gasteiger partial charge >= 0.3 is 0 Å². The number of carbonyl (C=O) groups excluding carboxylic acids is 1. The fourth-order valence-corrected chi connectivity index (χ4v) is 1.93. The van der Waals surface area contributed by atoms with E-state index in [1.165, 1.54) is 0 Å². The van der Waals surface area contributed by atoms with Crippen LogP contribution in [0.1, 0.15) is 31.7 Å². The number of anilines is 1. The molecule has 0 aliphatic rings. The molecule has 0 aliphatic heterocycles. The molecule has 4 heteroatoms. The molecule has 0 spiro atoms. The lowest BCUT2D eigenvalue weighted by atomic mass is 10.1. The molecule has 1 atom stereocenters. The maximum absolute atomic E-state index is 12.0. The highest BCUT2D eigenvalue weighted by Gasteiger charge is 2.14. The number of nitrogens with two attached hydrogens (primary N) is 1. The molecule has 3 N–H and O–H groups in total. The summed E-state index contributed by atoms with van der Waals surface area (Å²) in [5.74, 6) is -0.125. The number of methoxy groups -OCH3 is 1. The van der Waals surface area contributed by atoms with Crippen LogP contribution in [0.4, 0.5) is 5.69 Å². The van der Waals surface area contributed by atoms with Crippen molar-refractivity contribution < 1.29 is 9.53 Å². The van der Waals surface area contributed by atoms with E-state index >= 15 is 0 Å². The van der Waals surface area contributed by atoms with Crippen molar-refractivity contribution in [3.8, 4) is 0 Å².